The fourth-order valence-corrected chi connectivity index (χ4v) is 5.27. The number of hydrogen-bond donors (Lipinski definition) is 2. The van der Waals surface area contributed by atoms with Gasteiger partial charge in [0.2, 0.25) is 0 Å². The summed E-state index contributed by atoms with van der Waals surface area (Å²) in [7, 11) is 0. The van der Waals surface area contributed by atoms with Crippen LogP contribution in [0.2, 0.25) is 0 Å². The molecule has 0 fully saturated rings. The zero-order valence-corrected chi connectivity index (χ0v) is 22.0. The molecule has 5 heteroatoms. The van der Waals surface area contributed by atoms with E-state index in [2.05, 4.69) is 47.9 Å². The number of carboxylic acids is 1. The molecule has 196 valence electrons. The summed E-state index contributed by atoms with van der Waals surface area (Å²) in [5.74, 6) is -1.16. The van der Waals surface area contributed by atoms with Crippen LogP contribution in [0.4, 0.5) is 0 Å². The lowest BCUT2D eigenvalue weighted by atomic mass is 9.98. The second-order valence-electron chi connectivity index (χ2n) is 10.1. The quantitative estimate of drug-likeness (QED) is 0.227. The number of fused-ring (bicyclic) bond motifs is 2. The number of benzene rings is 4. The van der Waals surface area contributed by atoms with Gasteiger partial charge in [-0.1, -0.05) is 84.9 Å². The van der Waals surface area contributed by atoms with E-state index in [0.29, 0.717) is 12.0 Å². The Morgan fingerprint density at radius 2 is 1.52 bits per heavy atom. The van der Waals surface area contributed by atoms with E-state index in [1.54, 1.807) is 24.3 Å². The Bertz CT molecular complexity index is 1850. The van der Waals surface area contributed by atoms with Gasteiger partial charge in [-0.05, 0) is 76.2 Å². The van der Waals surface area contributed by atoms with Crippen LogP contribution in [0, 0.1) is 0 Å². The molecule has 4 aromatic carbocycles. The first-order valence-electron chi connectivity index (χ1n) is 13.3. The largest absolute Gasteiger partial charge is 0.478 e. The van der Waals surface area contributed by atoms with Crippen molar-refractivity contribution in [2.24, 2.45) is 0 Å². The maximum atomic E-state index is 13.9. The summed E-state index contributed by atoms with van der Waals surface area (Å²) in [6.07, 6.45) is 4.78. The van der Waals surface area contributed by atoms with Gasteiger partial charge < -0.3 is 14.8 Å². The Morgan fingerprint density at radius 3 is 2.27 bits per heavy atom. The van der Waals surface area contributed by atoms with Gasteiger partial charge in [0.15, 0.2) is 0 Å². The molecule has 0 bridgehead atoms. The van der Waals surface area contributed by atoms with Crippen LogP contribution in [-0.2, 0) is 6.42 Å². The fraction of sp³-hybridized carbons (Fsp3) is 0.0857. The Morgan fingerprint density at radius 1 is 0.800 bits per heavy atom. The van der Waals surface area contributed by atoms with E-state index in [4.69, 9.17) is 0 Å². The highest BCUT2D eigenvalue weighted by Gasteiger charge is 2.19. The normalized spacial score (nSPS) is 11.9. The van der Waals surface area contributed by atoms with Gasteiger partial charge in [0.05, 0.1) is 22.7 Å². The summed E-state index contributed by atoms with van der Waals surface area (Å²) < 4.78 is 2.04. The second-order valence-corrected chi connectivity index (χ2v) is 10.1. The molecule has 40 heavy (non-hydrogen) atoms. The van der Waals surface area contributed by atoms with Gasteiger partial charge in [-0.3, -0.25) is 4.79 Å². The molecule has 6 aromatic rings. The molecule has 0 aliphatic rings. The number of carboxylic acid groups (broad SMARTS) is 1. The van der Waals surface area contributed by atoms with Crippen LogP contribution in [-0.4, -0.2) is 21.4 Å². The topological polar surface area (TPSA) is 70.8 Å². The highest BCUT2D eigenvalue weighted by atomic mass is 16.4. The van der Waals surface area contributed by atoms with Crippen molar-refractivity contribution in [3.63, 3.8) is 0 Å². The maximum absolute atomic E-state index is 13.9. The molecule has 2 N–H and O–H groups in total. The number of nitrogens with zero attached hydrogens (tertiary/aromatic N) is 1. The second kappa shape index (κ2) is 10.5. The molecule has 0 saturated heterocycles. The fourth-order valence-electron chi connectivity index (χ4n) is 5.27. The average Bonchev–Trinajstić information content (AvgIpc) is 3.39. The minimum absolute atomic E-state index is 0.184. The number of amides is 1. The highest BCUT2D eigenvalue weighted by Crippen LogP contribution is 2.29. The molecular weight excluding hydrogens is 496 g/mol. The van der Waals surface area contributed by atoms with Crippen LogP contribution in [0.3, 0.4) is 0 Å². The van der Waals surface area contributed by atoms with Crippen molar-refractivity contribution < 1.29 is 14.7 Å². The molecule has 5 nitrogen and oxygen atoms in total. The molecule has 6 rings (SSSR count). The number of rotatable bonds is 7. The summed E-state index contributed by atoms with van der Waals surface area (Å²) >= 11 is 0. The van der Waals surface area contributed by atoms with Crippen molar-refractivity contribution in [2.45, 2.75) is 19.4 Å². The highest BCUT2D eigenvalue weighted by molar-refractivity contribution is 6.03. The Kier molecular flexibility index (Phi) is 6.62. The van der Waals surface area contributed by atoms with Gasteiger partial charge >= 0.3 is 5.97 Å². The lowest BCUT2D eigenvalue weighted by molar-refractivity contribution is 0.0696. The van der Waals surface area contributed by atoms with Gasteiger partial charge in [-0.15, -0.1) is 0 Å². The number of nitrogens with one attached hydrogen (secondary N) is 1. The van der Waals surface area contributed by atoms with Gasteiger partial charge in [0, 0.05) is 12.4 Å². The summed E-state index contributed by atoms with van der Waals surface area (Å²) in [6.45, 7) is 1.90. The monoisotopic (exact) mass is 524 g/mol. The molecule has 2 aromatic heterocycles. The van der Waals surface area contributed by atoms with E-state index in [9.17, 15) is 14.7 Å². The minimum atomic E-state index is -0.976. The van der Waals surface area contributed by atoms with Crippen LogP contribution < -0.4 is 5.32 Å². The molecular formula is C35H28N2O3. The summed E-state index contributed by atoms with van der Waals surface area (Å²) in [4.78, 5) is 25.1. The lowest BCUT2D eigenvalue weighted by Crippen LogP contribution is -2.27. The van der Waals surface area contributed by atoms with Crippen LogP contribution in [0.5, 0.6) is 0 Å². The van der Waals surface area contributed by atoms with Crippen molar-refractivity contribution in [1.82, 2.24) is 9.72 Å². The molecule has 0 aliphatic carbocycles. The van der Waals surface area contributed by atoms with Gasteiger partial charge in [0.1, 0.15) is 0 Å². The Balaban J connectivity index is 1.39. The first-order chi connectivity index (χ1) is 19.5. The molecule has 1 amide bonds. The maximum Gasteiger partial charge on any atom is 0.335 e. The molecule has 0 radical (unpaired) electrons. The standard InChI is InChI=1S/C35H28N2O3/c1-23(25-13-15-28(16-14-25)35(39)40)36-34(38)32-21-31(26-7-3-2-4-8-26)22-37-18-17-30(33(32)37)20-24-11-12-27-9-5-6-10-29(27)19-24/h2-19,21-23H,20H2,1H3,(H,36,38)(H,39,40)/t23-/m0/s1. The van der Waals surface area contributed by atoms with Crippen LogP contribution in [0.1, 0.15) is 50.4 Å². The molecule has 0 aliphatic heterocycles. The third kappa shape index (κ3) is 4.97. The summed E-state index contributed by atoms with van der Waals surface area (Å²) in [6, 6.07) is 35.2. The van der Waals surface area contributed by atoms with Crippen molar-refractivity contribution in [1.29, 1.82) is 0 Å². The van der Waals surface area contributed by atoms with Crippen LogP contribution >= 0.6 is 0 Å². The molecule has 2 heterocycles. The van der Waals surface area contributed by atoms with Gasteiger partial charge in [-0.25, -0.2) is 4.79 Å². The van der Waals surface area contributed by atoms with Crippen molar-refractivity contribution in [3.8, 4) is 11.1 Å². The number of aromatic carboxylic acids is 1. The van der Waals surface area contributed by atoms with E-state index in [-0.39, 0.29) is 17.5 Å². The van der Waals surface area contributed by atoms with Gasteiger partial charge in [-0.2, -0.15) is 0 Å². The molecule has 0 saturated carbocycles. The SMILES string of the molecule is C[C@H](NC(=O)c1cc(-c2ccccc2)cn2ccc(Cc3ccc4ccccc4c3)c12)c1ccc(C(=O)O)cc1. The number of aromatic nitrogens is 1. The number of carbonyl (C=O) groups excluding carboxylic acids is 1. The van der Waals surface area contributed by atoms with Crippen LogP contribution in [0.15, 0.2) is 122 Å². The third-order valence-corrected chi connectivity index (χ3v) is 7.40. The van der Waals surface area contributed by atoms with E-state index in [1.165, 1.54) is 16.3 Å². The van der Waals surface area contributed by atoms with Gasteiger partial charge in [0.25, 0.3) is 5.91 Å². The smallest absolute Gasteiger partial charge is 0.335 e. The van der Waals surface area contributed by atoms with Crippen molar-refractivity contribution in [2.75, 3.05) is 0 Å². The summed E-state index contributed by atoms with van der Waals surface area (Å²) in [5, 5.41) is 14.7. The van der Waals surface area contributed by atoms with E-state index in [0.717, 1.165) is 27.8 Å². The molecule has 0 spiro atoms. The van der Waals surface area contributed by atoms with Crippen LogP contribution in [0.25, 0.3) is 27.4 Å². The lowest BCUT2D eigenvalue weighted by Gasteiger charge is -2.17. The first kappa shape index (κ1) is 25.1. The number of pyridine rings is 1. The minimum Gasteiger partial charge on any atom is -0.478 e. The summed E-state index contributed by atoms with van der Waals surface area (Å²) in [5.41, 5.74) is 6.74. The Labute approximate surface area is 232 Å². The third-order valence-electron chi connectivity index (χ3n) is 7.40. The van der Waals surface area contributed by atoms with E-state index >= 15 is 0 Å². The Hall–Kier alpha value is -5.16. The molecule has 0 unspecified atom stereocenters. The van der Waals surface area contributed by atoms with E-state index < -0.39 is 5.97 Å². The number of carbonyl (C=O) groups is 2. The zero-order chi connectivity index (χ0) is 27.6. The predicted molar refractivity (Wildman–Crippen MR) is 159 cm³/mol. The van der Waals surface area contributed by atoms with Crippen molar-refractivity contribution >= 4 is 28.2 Å². The van der Waals surface area contributed by atoms with E-state index in [1.807, 2.05) is 66.1 Å². The van der Waals surface area contributed by atoms with Crippen molar-refractivity contribution in [3.05, 3.63) is 149 Å². The first-order valence-corrected chi connectivity index (χ1v) is 13.3. The molecule has 1 atom stereocenters. The zero-order valence-electron chi connectivity index (χ0n) is 22.0. The number of hydrogen-bond acceptors (Lipinski definition) is 2. The average molecular weight is 525 g/mol. The predicted octanol–water partition coefficient (Wildman–Crippen LogP) is 7.54.